The molecule has 0 unspecified atom stereocenters. The fourth-order valence-electron chi connectivity index (χ4n) is 4.27. The number of rotatable bonds is 8. The van der Waals surface area contributed by atoms with Crippen molar-refractivity contribution in [2.45, 2.75) is 32.3 Å². The number of morpholine rings is 1. The van der Waals surface area contributed by atoms with Crippen molar-refractivity contribution in [2.24, 2.45) is 0 Å². The van der Waals surface area contributed by atoms with E-state index in [1.807, 2.05) is 29.2 Å². The second-order valence-corrected chi connectivity index (χ2v) is 8.76. The van der Waals surface area contributed by atoms with Crippen LogP contribution in [-0.2, 0) is 25.5 Å². The lowest BCUT2D eigenvalue weighted by Crippen LogP contribution is -2.40. The van der Waals surface area contributed by atoms with Gasteiger partial charge in [0.2, 0.25) is 11.8 Å². The predicted octanol–water partition coefficient (Wildman–Crippen LogP) is 3.14. The number of amides is 3. The van der Waals surface area contributed by atoms with E-state index >= 15 is 0 Å². The summed E-state index contributed by atoms with van der Waals surface area (Å²) in [5.74, 6) is -0.484. The van der Waals surface area contributed by atoms with Crippen LogP contribution in [0, 0.1) is 5.82 Å². The van der Waals surface area contributed by atoms with Gasteiger partial charge < -0.3 is 19.7 Å². The molecular formula is C26H30FN3O5. The van der Waals surface area contributed by atoms with Crippen LogP contribution in [0.25, 0.3) is 11.1 Å². The lowest BCUT2D eigenvalue weighted by Gasteiger charge is -2.26. The summed E-state index contributed by atoms with van der Waals surface area (Å²) in [4.78, 5) is 38.7. The number of carbonyl (C=O) groups excluding carboxylic acids is 3. The summed E-state index contributed by atoms with van der Waals surface area (Å²) in [6.45, 7) is 4.37. The molecule has 0 saturated carbocycles. The molecule has 1 atom stereocenters. The van der Waals surface area contributed by atoms with Gasteiger partial charge in [-0.2, -0.15) is 0 Å². The monoisotopic (exact) mass is 483 g/mol. The van der Waals surface area contributed by atoms with Crippen molar-refractivity contribution in [3.05, 3.63) is 53.8 Å². The van der Waals surface area contributed by atoms with E-state index in [1.54, 1.807) is 12.1 Å². The van der Waals surface area contributed by atoms with Crippen molar-refractivity contribution in [2.75, 3.05) is 44.3 Å². The highest BCUT2D eigenvalue weighted by atomic mass is 19.1. The molecule has 2 heterocycles. The van der Waals surface area contributed by atoms with E-state index in [1.165, 1.54) is 17.9 Å². The van der Waals surface area contributed by atoms with Gasteiger partial charge >= 0.3 is 6.09 Å². The van der Waals surface area contributed by atoms with Crippen LogP contribution in [0.4, 0.5) is 14.9 Å². The van der Waals surface area contributed by atoms with Gasteiger partial charge in [0.15, 0.2) is 0 Å². The molecule has 2 aromatic carbocycles. The molecule has 0 aliphatic carbocycles. The molecule has 186 valence electrons. The zero-order chi connectivity index (χ0) is 24.8. The summed E-state index contributed by atoms with van der Waals surface area (Å²) in [6.07, 6.45) is 0.986. The van der Waals surface area contributed by atoms with Gasteiger partial charge in [-0.15, -0.1) is 0 Å². The van der Waals surface area contributed by atoms with Crippen molar-refractivity contribution in [1.82, 2.24) is 10.2 Å². The van der Waals surface area contributed by atoms with Crippen LogP contribution in [0.2, 0.25) is 0 Å². The summed E-state index contributed by atoms with van der Waals surface area (Å²) in [7, 11) is 0. The molecule has 8 nitrogen and oxygen atoms in total. The molecule has 3 amide bonds. The Balaban J connectivity index is 1.32. The molecule has 2 aromatic rings. The Kier molecular flexibility index (Phi) is 7.97. The van der Waals surface area contributed by atoms with Gasteiger partial charge in [0, 0.05) is 32.0 Å². The van der Waals surface area contributed by atoms with E-state index in [-0.39, 0.29) is 24.9 Å². The number of hydrogen-bond donors (Lipinski definition) is 1. The van der Waals surface area contributed by atoms with Crippen molar-refractivity contribution >= 4 is 23.6 Å². The third-order valence-corrected chi connectivity index (χ3v) is 6.20. The Morgan fingerprint density at radius 1 is 1.11 bits per heavy atom. The molecule has 9 heteroatoms. The second kappa shape index (κ2) is 11.3. The van der Waals surface area contributed by atoms with Crippen LogP contribution in [0.3, 0.4) is 0 Å². The standard InChI is InChI=1S/C26H30FN3O5/c1-18(31)28-16-22-17-30(26(33)35-22)21-9-10-23(24(27)15-21)20-7-5-19(6-8-20)3-2-4-25(32)29-11-13-34-14-12-29/h5-10,15,22H,2-4,11-14,16-17H2,1H3,(H,28,31)/t22-/m0/s1. The average molecular weight is 484 g/mol. The fraction of sp³-hybridized carbons (Fsp3) is 0.423. The topological polar surface area (TPSA) is 88.2 Å². The highest BCUT2D eigenvalue weighted by molar-refractivity contribution is 5.90. The lowest BCUT2D eigenvalue weighted by molar-refractivity contribution is -0.135. The minimum Gasteiger partial charge on any atom is -0.442 e. The Morgan fingerprint density at radius 3 is 2.54 bits per heavy atom. The molecule has 2 aliphatic rings. The first-order chi connectivity index (χ1) is 16.9. The quantitative estimate of drug-likeness (QED) is 0.623. The number of aryl methyl sites for hydroxylation is 1. The number of anilines is 1. The molecule has 0 spiro atoms. The highest BCUT2D eigenvalue weighted by Crippen LogP contribution is 2.29. The van der Waals surface area contributed by atoms with Crippen LogP contribution in [0.5, 0.6) is 0 Å². The number of ether oxygens (including phenoxy) is 2. The number of hydrogen-bond acceptors (Lipinski definition) is 5. The zero-order valence-electron chi connectivity index (χ0n) is 19.8. The fourth-order valence-corrected chi connectivity index (χ4v) is 4.27. The molecule has 1 N–H and O–H groups in total. The highest BCUT2D eigenvalue weighted by Gasteiger charge is 2.32. The van der Waals surface area contributed by atoms with Gasteiger partial charge in [-0.1, -0.05) is 24.3 Å². The number of nitrogens with one attached hydrogen (secondary N) is 1. The van der Waals surface area contributed by atoms with E-state index in [2.05, 4.69) is 5.32 Å². The molecule has 4 rings (SSSR count). The smallest absolute Gasteiger partial charge is 0.414 e. The number of carbonyl (C=O) groups is 3. The molecule has 0 bridgehead atoms. The molecule has 2 aliphatic heterocycles. The number of halogens is 1. The normalized spacial score (nSPS) is 17.9. The van der Waals surface area contributed by atoms with Gasteiger partial charge in [0.1, 0.15) is 11.9 Å². The Morgan fingerprint density at radius 2 is 1.86 bits per heavy atom. The van der Waals surface area contributed by atoms with E-state index in [4.69, 9.17) is 9.47 Å². The lowest BCUT2D eigenvalue weighted by atomic mass is 10.0. The van der Waals surface area contributed by atoms with Crippen LogP contribution in [-0.4, -0.2) is 68.3 Å². The Labute approximate surface area is 204 Å². The minimum absolute atomic E-state index is 0.162. The maximum atomic E-state index is 14.9. The summed E-state index contributed by atoms with van der Waals surface area (Å²) in [5.41, 5.74) is 2.66. The molecule has 0 radical (unpaired) electrons. The van der Waals surface area contributed by atoms with Gasteiger partial charge in [-0.25, -0.2) is 9.18 Å². The van der Waals surface area contributed by atoms with Crippen molar-refractivity contribution in [3.8, 4) is 11.1 Å². The minimum atomic E-state index is -0.566. The predicted molar refractivity (Wildman–Crippen MR) is 128 cm³/mol. The van der Waals surface area contributed by atoms with Gasteiger partial charge in [0.05, 0.1) is 32.0 Å². The van der Waals surface area contributed by atoms with E-state index in [0.717, 1.165) is 24.0 Å². The maximum absolute atomic E-state index is 14.9. The number of nitrogens with zero attached hydrogens (tertiary/aromatic N) is 2. The molecule has 35 heavy (non-hydrogen) atoms. The summed E-state index contributed by atoms with van der Waals surface area (Å²) >= 11 is 0. The summed E-state index contributed by atoms with van der Waals surface area (Å²) in [5, 5.41) is 2.62. The average Bonchev–Trinajstić information content (AvgIpc) is 3.24. The largest absolute Gasteiger partial charge is 0.442 e. The van der Waals surface area contributed by atoms with Gasteiger partial charge in [-0.3, -0.25) is 14.5 Å². The van der Waals surface area contributed by atoms with Crippen molar-refractivity contribution in [3.63, 3.8) is 0 Å². The zero-order valence-corrected chi connectivity index (χ0v) is 19.8. The first-order valence-corrected chi connectivity index (χ1v) is 11.9. The number of cyclic esters (lactones) is 1. The summed E-state index contributed by atoms with van der Waals surface area (Å²) < 4.78 is 25.5. The third-order valence-electron chi connectivity index (χ3n) is 6.20. The molecule has 2 fully saturated rings. The van der Waals surface area contributed by atoms with Crippen LogP contribution in [0.15, 0.2) is 42.5 Å². The van der Waals surface area contributed by atoms with E-state index in [9.17, 15) is 18.8 Å². The Hall–Kier alpha value is -3.46. The van der Waals surface area contributed by atoms with Gasteiger partial charge in [0.25, 0.3) is 0 Å². The van der Waals surface area contributed by atoms with E-state index < -0.39 is 18.0 Å². The van der Waals surface area contributed by atoms with Gasteiger partial charge in [-0.05, 0) is 42.2 Å². The maximum Gasteiger partial charge on any atom is 0.414 e. The van der Waals surface area contributed by atoms with Crippen LogP contribution in [0.1, 0.15) is 25.3 Å². The number of benzene rings is 2. The summed E-state index contributed by atoms with van der Waals surface area (Å²) in [6, 6.07) is 12.3. The van der Waals surface area contributed by atoms with Crippen molar-refractivity contribution < 1.29 is 28.2 Å². The second-order valence-electron chi connectivity index (χ2n) is 8.76. The first-order valence-electron chi connectivity index (χ1n) is 11.9. The van der Waals surface area contributed by atoms with Crippen molar-refractivity contribution in [1.29, 1.82) is 0 Å². The molecular weight excluding hydrogens is 453 g/mol. The van der Waals surface area contributed by atoms with E-state index in [0.29, 0.717) is 44.0 Å². The third kappa shape index (κ3) is 6.36. The van der Waals surface area contributed by atoms with Crippen LogP contribution < -0.4 is 10.2 Å². The molecule has 0 aromatic heterocycles. The molecule has 2 saturated heterocycles. The Bertz CT molecular complexity index is 1070. The first kappa shape index (κ1) is 24.7. The van der Waals surface area contributed by atoms with Crippen LogP contribution >= 0.6 is 0 Å². The SMILES string of the molecule is CC(=O)NC[C@H]1CN(c2ccc(-c3ccc(CCCC(=O)N4CCOCC4)cc3)c(F)c2)C(=O)O1.